The highest BCUT2D eigenvalue weighted by Crippen LogP contribution is 2.38. The molecule has 1 aliphatic rings. The normalized spacial score (nSPS) is 18.5. The third-order valence-corrected chi connectivity index (χ3v) is 3.87. The molecule has 0 fully saturated rings. The highest BCUT2D eigenvalue weighted by atomic mass is 16.5. The summed E-state index contributed by atoms with van der Waals surface area (Å²) in [6.45, 7) is 0.738. The van der Waals surface area contributed by atoms with Crippen LogP contribution in [0.3, 0.4) is 0 Å². The van der Waals surface area contributed by atoms with Crippen molar-refractivity contribution in [3.05, 3.63) is 47.9 Å². The lowest BCUT2D eigenvalue weighted by Gasteiger charge is -2.27. The van der Waals surface area contributed by atoms with Gasteiger partial charge in [-0.1, -0.05) is 18.2 Å². The number of nitrogens with zero attached hydrogens (tertiary/aromatic N) is 2. The first-order chi connectivity index (χ1) is 10.3. The molecule has 1 aliphatic heterocycles. The summed E-state index contributed by atoms with van der Waals surface area (Å²) in [5.41, 5.74) is 8.37. The number of hydrogen-bond donors (Lipinski definition) is 1. The lowest BCUT2D eigenvalue weighted by atomic mass is 9.87. The minimum Gasteiger partial charge on any atom is -0.493 e. The van der Waals surface area contributed by atoms with Crippen LogP contribution >= 0.6 is 0 Å². The van der Waals surface area contributed by atoms with Gasteiger partial charge in [0, 0.05) is 12.1 Å². The lowest BCUT2D eigenvalue weighted by Crippen LogP contribution is -2.20. The van der Waals surface area contributed by atoms with Gasteiger partial charge < -0.3 is 15.2 Å². The fraction of sp³-hybridized carbons (Fsp3) is 0.375. The molecule has 0 spiro atoms. The molecule has 110 valence electrons. The van der Waals surface area contributed by atoms with E-state index < -0.39 is 0 Å². The van der Waals surface area contributed by atoms with Gasteiger partial charge in [-0.2, -0.15) is 0 Å². The van der Waals surface area contributed by atoms with Crippen molar-refractivity contribution < 1.29 is 9.47 Å². The summed E-state index contributed by atoms with van der Waals surface area (Å²) in [6, 6.07) is 9.83. The van der Waals surface area contributed by atoms with Gasteiger partial charge in [-0.15, -0.1) is 0 Å². The maximum atomic E-state index is 6.32. The van der Waals surface area contributed by atoms with Gasteiger partial charge >= 0.3 is 0 Å². The van der Waals surface area contributed by atoms with Crippen molar-refractivity contribution >= 4 is 0 Å². The van der Waals surface area contributed by atoms with E-state index in [9.17, 15) is 0 Å². The van der Waals surface area contributed by atoms with Gasteiger partial charge in [0.15, 0.2) is 0 Å². The molecule has 2 atom stereocenters. The number of ether oxygens (including phenoxy) is 2. The third-order valence-electron chi connectivity index (χ3n) is 3.87. The summed E-state index contributed by atoms with van der Waals surface area (Å²) in [5.74, 6) is 1.91. The van der Waals surface area contributed by atoms with E-state index in [1.54, 1.807) is 13.2 Å². The second-order valence-electron chi connectivity index (χ2n) is 5.20. The molecule has 0 aliphatic carbocycles. The average molecular weight is 285 g/mol. The van der Waals surface area contributed by atoms with E-state index in [0.717, 1.165) is 30.9 Å². The minimum absolute atomic E-state index is 0.141. The molecular weight excluding hydrogens is 266 g/mol. The molecule has 0 bridgehead atoms. The van der Waals surface area contributed by atoms with E-state index in [0.29, 0.717) is 11.8 Å². The molecule has 2 heterocycles. The van der Waals surface area contributed by atoms with Crippen LogP contribution in [-0.2, 0) is 0 Å². The zero-order chi connectivity index (χ0) is 14.7. The van der Waals surface area contributed by atoms with Gasteiger partial charge in [0.1, 0.15) is 12.1 Å². The average Bonchev–Trinajstić information content (AvgIpc) is 2.55. The number of fused-ring (bicyclic) bond motifs is 1. The molecule has 0 radical (unpaired) electrons. The summed E-state index contributed by atoms with van der Waals surface area (Å²) in [5, 5.41) is 0. The molecule has 2 N–H and O–H groups in total. The van der Waals surface area contributed by atoms with Gasteiger partial charge in [0.2, 0.25) is 5.88 Å². The standard InChI is InChI=1S/C16H19N3O2/c1-20-16-9-14(18-10-19-16)13(17)8-11-6-7-21-15-5-3-2-4-12(11)15/h2-5,9-11,13H,6-8,17H2,1H3. The van der Waals surface area contributed by atoms with Crippen LogP contribution in [0.2, 0.25) is 0 Å². The smallest absolute Gasteiger partial charge is 0.216 e. The summed E-state index contributed by atoms with van der Waals surface area (Å²) in [6.07, 6.45) is 3.30. The van der Waals surface area contributed by atoms with Crippen LogP contribution in [0.1, 0.15) is 36.1 Å². The van der Waals surface area contributed by atoms with Crippen molar-refractivity contribution in [2.75, 3.05) is 13.7 Å². The Morgan fingerprint density at radius 1 is 1.38 bits per heavy atom. The number of benzene rings is 1. The van der Waals surface area contributed by atoms with E-state index in [-0.39, 0.29) is 6.04 Å². The summed E-state index contributed by atoms with van der Waals surface area (Å²) in [7, 11) is 1.59. The molecule has 0 saturated carbocycles. The van der Waals surface area contributed by atoms with Crippen LogP contribution in [0.4, 0.5) is 0 Å². The number of hydrogen-bond acceptors (Lipinski definition) is 5. The number of methoxy groups -OCH3 is 1. The third kappa shape index (κ3) is 2.97. The molecular formula is C16H19N3O2. The number of nitrogens with two attached hydrogens (primary N) is 1. The Hall–Kier alpha value is -2.14. The molecule has 21 heavy (non-hydrogen) atoms. The van der Waals surface area contributed by atoms with Gasteiger partial charge in [0.05, 0.1) is 19.4 Å². The molecule has 5 heteroatoms. The zero-order valence-electron chi connectivity index (χ0n) is 12.0. The van der Waals surface area contributed by atoms with Crippen molar-refractivity contribution in [3.8, 4) is 11.6 Å². The number of rotatable bonds is 4. The predicted molar refractivity (Wildman–Crippen MR) is 79.4 cm³/mol. The number of aromatic nitrogens is 2. The van der Waals surface area contributed by atoms with Crippen molar-refractivity contribution in [2.45, 2.75) is 24.8 Å². The van der Waals surface area contributed by atoms with Gasteiger partial charge in [-0.05, 0) is 30.4 Å². The largest absolute Gasteiger partial charge is 0.493 e. The van der Waals surface area contributed by atoms with Crippen LogP contribution in [0.5, 0.6) is 11.6 Å². The van der Waals surface area contributed by atoms with Crippen LogP contribution in [0.15, 0.2) is 36.7 Å². The quantitative estimate of drug-likeness (QED) is 0.934. The zero-order valence-corrected chi connectivity index (χ0v) is 12.0. The lowest BCUT2D eigenvalue weighted by molar-refractivity contribution is 0.258. The fourth-order valence-corrected chi connectivity index (χ4v) is 2.76. The van der Waals surface area contributed by atoms with Crippen molar-refractivity contribution in [3.63, 3.8) is 0 Å². The Balaban J connectivity index is 1.77. The van der Waals surface area contributed by atoms with Crippen molar-refractivity contribution in [2.24, 2.45) is 5.73 Å². The van der Waals surface area contributed by atoms with Crippen LogP contribution in [0.25, 0.3) is 0 Å². The van der Waals surface area contributed by atoms with Crippen LogP contribution < -0.4 is 15.2 Å². The Bertz CT molecular complexity index is 618. The Morgan fingerprint density at radius 3 is 3.10 bits per heavy atom. The van der Waals surface area contributed by atoms with E-state index in [4.69, 9.17) is 15.2 Å². The van der Waals surface area contributed by atoms with Gasteiger partial charge in [0.25, 0.3) is 0 Å². The maximum absolute atomic E-state index is 6.32. The molecule has 2 unspecified atom stereocenters. The maximum Gasteiger partial charge on any atom is 0.216 e. The van der Waals surface area contributed by atoms with E-state index in [1.807, 2.05) is 18.2 Å². The van der Waals surface area contributed by atoms with Crippen LogP contribution in [0, 0.1) is 0 Å². The first kappa shape index (κ1) is 13.8. The SMILES string of the molecule is COc1cc(C(N)CC2CCOc3ccccc32)ncn1. The molecule has 2 aromatic rings. The Morgan fingerprint density at radius 2 is 2.24 bits per heavy atom. The predicted octanol–water partition coefficient (Wildman–Crippen LogP) is 2.44. The molecule has 5 nitrogen and oxygen atoms in total. The summed E-state index contributed by atoms with van der Waals surface area (Å²) < 4.78 is 10.8. The molecule has 1 aromatic heterocycles. The highest BCUT2D eigenvalue weighted by Gasteiger charge is 2.24. The second-order valence-corrected chi connectivity index (χ2v) is 5.20. The Kier molecular flexibility index (Phi) is 4.01. The monoisotopic (exact) mass is 285 g/mol. The van der Waals surface area contributed by atoms with Gasteiger partial charge in [-0.3, -0.25) is 0 Å². The minimum atomic E-state index is -0.141. The first-order valence-corrected chi connectivity index (χ1v) is 7.11. The van der Waals surface area contributed by atoms with Crippen molar-refractivity contribution in [1.29, 1.82) is 0 Å². The van der Waals surface area contributed by atoms with Gasteiger partial charge in [-0.25, -0.2) is 9.97 Å². The fourth-order valence-electron chi connectivity index (χ4n) is 2.76. The van der Waals surface area contributed by atoms with E-state index in [2.05, 4.69) is 16.0 Å². The Labute approximate surface area is 124 Å². The highest BCUT2D eigenvalue weighted by molar-refractivity contribution is 5.38. The number of para-hydroxylation sites is 1. The second kappa shape index (κ2) is 6.10. The molecule has 3 rings (SSSR count). The molecule has 1 aromatic carbocycles. The topological polar surface area (TPSA) is 70.3 Å². The summed E-state index contributed by atoms with van der Waals surface area (Å²) >= 11 is 0. The summed E-state index contributed by atoms with van der Waals surface area (Å²) in [4.78, 5) is 8.28. The molecule has 0 amide bonds. The van der Waals surface area contributed by atoms with E-state index in [1.165, 1.54) is 11.9 Å². The first-order valence-electron chi connectivity index (χ1n) is 7.11. The van der Waals surface area contributed by atoms with Crippen LogP contribution in [-0.4, -0.2) is 23.7 Å². The van der Waals surface area contributed by atoms with Crippen molar-refractivity contribution in [1.82, 2.24) is 9.97 Å². The van der Waals surface area contributed by atoms with E-state index >= 15 is 0 Å². The molecule has 0 saturated heterocycles.